The van der Waals surface area contributed by atoms with Crippen LogP contribution in [-0.2, 0) is 0 Å². The first-order valence-electron chi connectivity index (χ1n) is 2.88. The Bertz CT molecular complexity index is 22.0. The minimum atomic E-state index is 0.306. The van der Waals surface area contributed by atoms with Gasteiger partial charge in [0.05, 0.1) is 0 Å². The second-order valence-electron chi connectivity index (χ2n) is 1.58. The van der Waals surface area contributed by atoms with E-state index in [0.29, 0.717) is 12.5 Å². The Morgan fingerprint density at radius 3 is 1.57 bits per heavy atom. The molecule has 1 nitrogen and oxygen atoms in total. The average Bonchev–Trinajstić information content (AvgIpc) is 1.73. The zero-order valence-electron chi connectivity index (χ0n) is 5.73. The Morgan fingerprint density at radius 1 is 1.43 bits per heavy atom. The van der Waals surface area contributed by atoms with Gasteiger partial charge in [0.25, 0.3) is 0 Å². The van der Waals surface area contributed by atoms with Gasteiger partial charge < -0.3 is 5.11 Å². The lowest BCUT2D eigenvalue weighted by atomic mass is 10.2. The van der Waals surface area contributed by atoms with Crippen LogP contribution in [0.3, 0.4) is 0 Å². The van der Waals surface area contributed by atoms with E-state index < -0.39 is 0 Å². The predicted octanol–water partition coefficient (Wildman–Crippen LogP) is 0.0346. The molecule has 0 aliphatic carbocycles. The SMILES string of the molecule is CC(C)CO.C[SiH3]. The third-order valence-corrected chi connectivity index (χ3v) is 0.365. The molecule has 0 amide bonds. The first kappa shape index (κ1) is 10.2. The van der Waals surface area contributed by atoms with E-state index in [0.717, 1.165) is 0 Å². The Hall–Kier alpha value is 0.177. The van der Waals surface area contributed by atoms with Gasteiger partial charge in [0.15, 0.2) is 0 Å². The van der Waals surface area contributed by atoms with Crippen LogP contribution in [-0.4, -0.2) is 22.0 Å². The van der Waals surface area contributed by atoms with E-state index in [1.165, 1.54) is 10.2 Å². The van der Waals surface area contributed by atoms with Gasteiger partial charge in [-0.2, -0.15) is 0 Å². The normalized spacial score (nSPS) is 8.14. The van der Waals surface area contributed by atoms with Crippen molar-refractivity contribution in [2.45, 2.75) is 20.4 Å². The number of aliphatic hydroxyl groups is 1. The van der Waals surface area contributed by atoms with Crippen LogP contribution >= 0.6 is 0 Å². The van der Waals surface area contributed by atoms with E-state index in [2.05, 4.69) is 6.55 Å². The van der Waals surface area contributed by atoms with Crippen LogP contribution in [0.5, 0.6) is 0 Å². The minimum Gasteiger partial charge on any atom is -0.396 e. The van der Waals surface area contributed by atoms with Gasteiger partial charge >= 0.3 is 0 Å². The van der Waals surface area contributed by atoms with Gasteiger partial charge in [-0.3, -0.25) is 0 Å². The summed E-state index contributed by atoms with van der Waals surface area (Å²) in [5.41, 5.74) is 0. The van der Waals surface area contributed by atoms with Crippen LogP contribution < -0.4 is 0 Å². The van der Waals surface area contributed by atoms with E-state index in [-0.39, 0.29) is 0 Å². The molecular weight excluding hydrogens is 104 g/mol. The molecule has 0 heterocycles. The van der Waals surface area contributed by atoms with Crippen molar-refractivity contribution in [1.82, 2.24) is 0 Å². The summed E-state index contributed by atoms with van der Waals surface area (Å²) in [6.07, 6.45) is 0. The first-order chi connectivity index (χ1) is 3.27. The molecule has 0 aromatic heterocycles. The highest BCUT2D eigenvalue weighted by Gasteiger charge is 1.81. The van der Waals surface area contributed by atoms with Crippen LogP contribution in [0.1, 0.15) is 13.8 Å². The van der Waals surface area contributed by atoms with Crippen molar-refractivity contribution < 1.29 is 5.11 Å². The number of hydrogen-bond donors (Lipinski definition) is 1. The van der Waals surface area contributed by atoms with Crippen LogP contribution in [0.4, 0.5) is 0 Å². The van der Waals surface area contributed by atoms with Crippen molar-refractivity contribution in [3.63, 3.8) is 0 Å². The highest BCUT2D eigenvalue weighted by atomic mass is 28.1. The molecule has 0 rings (SSSR count). The Labute approximate surface area is 49.2 Å². The monoisotopic (exact) mass is 120 g/mol. The number of aliphatic hydroxyl groups excluding tert-OH is 1. The number of hydrogen-bond acceptors (Lipinski definition) is 1. The molecule has 46 valence electrons. The van der Waals surface area contributed by atoms with Crippen LogP contribution in [0.2, 0.25) is 6.55 Å². The molecule has 0 unspecified atom stereocenters. The fourth-order valence-corrected chi connectivity index (χ4v) is 0. The molecule has 0 radical (unpaired) electrons. The highest BCUT2D eigenvalue weighted by molar-refractivity contribution is 6.05. The zero-order chi connectivity index (χ0) is 6.28. The fourth-order valence-electron chi connectivity index (χ4n) is 0. The van der Waals surface area contributed by atoms with E-state index in [9.17, 15) is 0 Å². The maximum atomic E-state index is 8.14. The molecule has 0 aromatic carbocycles. The van der Waals surface area contributed by atoms with Crippen molar-refractivity contribution in [2.24, 2.45) is 5.92 Å². The lowest BCUT2D eigenvalue weighted by molar-refractivity contribution is 0.248. The first-order valence-corrected chi connectivity index (χ1v) is 4.88. The smallest absolute Gasteiger partial charge is 0.0453 e. The standard InChI is InChI=1S/C4H10O.CH6Si/c1-4(2)3-5;1-2/h4-5H,3H2,1-2H3;1-2H3. The molecule has 0 atom stereocenters. The Balaban J connectivity index is 0. The minimum absolute atomic E-state index is 0.306. The highest BCUT2D eigenvalue weighted by Crippen LogP contribution is 1.83. The zero-order valence-corrected chi connectivity index (χ0v) is 7.73. The molecular formula is C5H16OSi. The second kappa shape index (κ2) is 9.49. The van der Waals surface area contributed by atoms with Crippen molar-refractivity contribution in [2.75, 3.05) is 6.61 Å². The van der Waals surface area contributed by atoms with Gasteiger partial charge in [-0.1, -0.05) is 20.4 Å². The van der Waals surface area contributed by atoms with E-state index in [4.69, 9.17) is 5.11 Å². The van der Waals surface area contributed by atoms with Gasteiger partial charge in [0, 0.05) is 6.61 Å². The lowest BCUT2D eigenvalue weighted by Gasteiger charge is -1.90. The van der Waals surface area contributed by atoms with E-state index in [1.54, 1.807) is 0 Å². The van der Waals surface area contributed by atoms with Gasteiger partial charge in [0.2, 0.25) is 0 Å². The molecule has 0 fully saturated rings. The van der Waals surface area contributed by atoms with Crippen molar-refractivity contribution in [3.05, 3.63) is 0 Å². The predicted molar refractivity (Wildman–Crippen MR) is 37.7 cm³/mol. The summed E-state index contributed by atoms with van der Waals surface area (Å²) in [6, 6.07) is 0. The maximum absolute atomic E-state index is 8.14. The summed E-state index contributed by atoms with van der Waals surface area (Å²) in [5, 5.41) is 8.14. The molecule has 0 spiro atoms. The molecule has 2 heteroatoms. The van der Waals surface area contributed by atoms with Crippen LogP contribution in [0.15, 0.2) is 0 Å². The molecule has 0 bridgehead atoms. The molecule has 0 aliphatic heterocycles. The lowest BCUT2D eigenvalue weighted by Crippen LogP contribution is -1.90. The summed E-state index contributed by atoms with van der Waals surface area (Å²) in [7, 11) is 1.31. The average molecular weight is 120 g/mol. The fraction of sp³-hybridized carbons (Fsp3) is 1.00. The molecule has 0 aliphatic rings. The summed E-state index contributed by atoms with van der Waals surface area (Å²) in [5.74, 6) is 0.440. The topological polar surface area (TPSA) is 20.2 Å². The Kier molecular flexibility index (Phi) is 13.8. The largest absolute Gasteiger partial charge is 0.396 e. The molecule has 0 aromatic rings. The molecule has 1 N–H and O–H groups in total. The maximum Gasteiger partial charge on any atom is 0.0453 e. The molecule has 0 saturated heterocycles. The third-order valence-electron chi connectivity index (χ3n) is 0.365. The number of rotatable bonds is 1. The van der Waals surface area contributed by atoms with Gasteiger partial charge in [-0.25, -0.2) is 0 Å². The van der Waals surface area contributed by atoms with Crippen molar-refractivity contribution in [1.29, 1.82) is 0 Å². The quantitative estimate of drug-likeness (QED) is 0.484. The second-order valence-corrected chi connectivity index (χ2v) is 1.58. The summed E-state index contributed by atoms with van der Waals surface area (Å²) < 4.78 is 0. The van der Waals surface area contributed by atoms with Crippen LogP contribution in [0, 0.1) is 5.92 Å². The summed E-state index contributed by atoms with van der Waals surface area (Å²) >= 11 is 0. The Morgan fingerprint density at radius 2 is 1.57 bits per heavy atom. The van der Waals surface area contributed by atoms with Gasteiger partial charge in [-0.05, 0) is 16.2 Å². The van der Waals surface area contributed by atoms with Crippen LogP contribution in [0.25, 0.3) is 0 Å². The van der Waals surface area contributed by atoms with Crippen molar-refractivity contribution >= 4 is 10.2 Å². The van der Waals surface area contributed by atoms with Gasteiger partial charge in [0.1, 0.15) is 0 Å². The summed E-state index contributed by atoms with van der Waals surface area (Å²) in [4.78, 5) is 0. The van der Waals surface area contributed by atoms with E-state index in [1.807, 2.05) is 13.8 Å². The van der Waals surface area contributed by atoms with Gasteiger partial charge in [-0.15, -0.1) is 0 Å². The third kappa shape index (κ3) is 22.7. The molecule has 0 saturated carbocycles. The molecule has 7 heavy (non-hydrogen) atoms. The summed E-state index contributed by atoms with van der Waals surface area (Å²) in [6.45, 7) is 6.39. The van der Waals surface area contributed by atoms with Crippen molar-refractivity contribution in [3.8, 4) is 0 Å². The van der Waals surface area contributed by atoms with E-state index >= 15 is 0 Å².